The van der Waals surface area contributed by atoms with Gasteiger partial charge in [-0.2, -0.15) is 0 Å². The van der Waals surface area contributed by atoms with E-state index in [0.717, 1.165) is 23.4 Å². The third-order valence-electron chi connectivity index (χ3n) is 4.20. The summed E-state index contributed by atoms with van der Waals surface area (Å²) in [5, 5.41) is 3.68. The van der Waals surface area contributed by atoms with Gasteiger partial charge in [-0.05, 0) is 55.0 Å². The first kappa shape index (κ1) is 13.8. The molecular weight excluding hydrogens is 310 g/mol. The summed E-state index contributed by atoms with van der Waals surface area (Å²) in [6.07, 6.45) is 3.61. The molecule has 1 nitrogen and oxygen atoms in total. The van der Waals surface area contributed by atoms with Gasteiger partial charge in [-0.25, -0.2) is 0 Å². The molecule has 1 aliphatic rings. The SMILES string of the molecule is Brc1ccc(CC2NCCC2Cc2ccccc2)cc1. The van der Waals surface area contributed by atoms with E-state index < -0.39 is 0 Å². The number of benzene rings is 2. The quantitative estimate of drug-likeness (QED) is 0.885. The standard InChI is InChI=1S/C18H20BrN/c19-17-8-6-15(7-9-17)13-18-16(10-11-20-18)12-14-4-2-1-3-5-14/h1-9,16,18,20H,10-13H2. The maximum Gasteiger partial charge on any atom is 0.0175 e. The van der Waals surface area contributed by atoms with Crippen LogP contribution in [0.4, 0.5) is 0 Å². The van der Waals surface area contributed by atoms with Crippen molar-refractivity contribution in [3.8, 4) is 0 Å². The summed E-state index contributed by atoms with van der Waals surface area (Å²) < 4.78 is 1.15. The Kier molecular flexibility index (Phi) is 4.54. The van der Waals surface area contributed by atoms with Crippen LogP contribution in [-0.4, -0.2) is 12.6 Å². The van der Waals surface area contributed by atoms with Gasteiger partial charge in [-0.15, -0.1) is 0 Å². The van der Waals surface area contributed by atoms with Gasteiger partial charge in [-0.1, -0.05) is 58.4 Å². The highest BCUT2D eigenvalue weighted by Crippen LogP contribution is 2.24. The summed E-state index contributed by atoms with van der Waals surface area (Å²) in [7, 11) is 0. The van der Waals surface area contributed by atoms with Crippen LogP contribution in [0.15, 0.2) is 59.1 Å². The van der Waals surface area contributed by atoms with E-state index in [2.05, 4.69) is 75.8 Å². The van der Waals surface area contributed by atoms with Crippen molar-refractivity contribution in [3.63, 3.8) is 0 Å². The zero-order chi connectivity index (χ0) is 13.8. The minimum Gasteiger partial charge on any atom is -0.313 e. The van der Waals surface area contributed by atoms with Crippen LogP contribution in [-0.2, 0) is 12.8 Å². The predicted octanol–water partition coefficient (Wildman–Crippen LogP) is 4.21. The van der Waals surface area contributed by atoms with E-state index in [1.165, 1.54) is 24.0 Å². The van der Waals surface area contributed by atoms with Crippen molar-refractivity contribution in [3.05, 3.63) is 70.2 Å². The molecule has 104 valence electrons. The van der Waals surface area contributed by atoms with Gasteiger partial charge in [0, 0.05) is 10.5 Å². The lowest BCUT2D eigenvalue weighted by Crippen LogP contribution is -2.30. The van der Waals surface area contributed by atoms with Crippen LogP contribution in [0.1, 0.15) is 17.5 Å². The van der Waals surface area contributed by atoms with E-state index >= 15 is 0 Å². The molecule has 3 rings (SSSR count). The molecule has 20 heavy (non-hydrogen) atoms. The van der Waals surface area contributed by atoms with Crippen molar-refractivity contribution in [1.82, 2.24) is 5.32 Å². The van der Waals surface area contributed by atoms with E-state index in [1.54, 1.807) is 0 Å². The van der Waals surface area contributed by atoms with Crippen molar-refractivity contribution in [2.45, 2.75) is 25.3 Å². The molecule has 0 radical (unpaired) electrons. The van der Waals surface area contributed by atoms with Crippen LogP contribution in [0.3, 0.4) is 0 Å². The summed E-state index contributed by atoms with van der Waals surface area (Å²) in [5.41, 5.74) is 2.88. The second-order valence-electron chi connectivity index (χ2n) is 5.63. The molecule has 0 spiro atoms. The fraction of sp³-hybridized carbons (Fsp3) is 0.333. The molecule has 2 aromatic rings. The van der Waals surface area contributed by atoms with Gasteiger partial charge in [0.25, 0.3) is 0 Å². The Labute approximate surface area is 129 Å². The Morgan fingerprint density at radius 2 is 1.60 bits per heavy atom. The fourth-order valence-corrected chi connectivity index (χ4v) is 3.36. The molecule has 2 atom stereocenters. The first-order valence-corrected chi connectivity index (χ1v) is 8.12. The average molecular weight is 330 g/mol. The van der Waals surface area contributed by atoms with Gasteiger partial charge in [0.15, 0.2) is 0 Å². The highest BCUT2D eigenvalue weighted by Gasteiger charge is 2.26. The maximum absolute atomic E-state index is 3.68. The molecule has 1 aliphatic heterocycles. The van der Waals surface area contributed by atoms with E-state index in [-0.39, 0.29) is 0 Å². The molecule has 0 bridgehead atoms. The van der Waals surface area contributed by atoms with Gasteiger partial charge in [-0.3, -0.25) is 0 Å². The molecule has 2 heteroatoms. The average Bonchev–Trinajstić information content (AvgIpc) is 2.90. The fourth-order valence-electron chi connectivity index (χ4n) is 3.10. The summed E-state index contributed by atoms with van der Waals surface area (Å²) in [5.74, 6) is 0.751. The molecule has 0 amide bonds. The Hall–Kier alpha value is -1.12. The van der Waals surface area contributed by atoms with E-state index in [9.17, 15) is 0 Å². The first-order valence-electron chi connectivity index (χ1n) is 7.33. The molecule has 1 heterocycles. The van der Waals surface area contributed by atoms with Crippen molar-refractivity contribution in [2.75, 3.05) is 6.54 Å². The molecule has 1 saturated heterocycles. The van der Waals surface area contributed by atoms with Crippen molar-refractivity contribution in [1.29, 1.82) is 0 Å². The number of hydrogen-bond donors (Lipinski definition) is 1. The minimum absolute atomic E-state index is 0.608. The van der Waals surface area contributed by atoms with Crippen LogP contribution in [0.2, 0.25) is 0 Å². The lowest BCUT2D eigenvalue weighted by atomic mass is 9.89. The minimum atomic E-state index is 0.608. The first-order chi connectivity index (χ1) is 9.81. The number of hydrogen-bond acceptors (Lipinski definition) is 1. The Morgan fingerprint density at radius 1 is 0.900 bits per heavy atom. The summed E-state index contributed by atoms with van der Waals surface area (Å²) in [4.78, 5) is 0. The zero-order valence-corrected chi connectivity index (χ0v) is 13.1. The number of halogens is 1. The monoisotopic (exact) mass is 329 g/mol. The van der Waals surface area contributed by atoms with E-state index in [1.807, 2.05) is 0 Å². The lowest BCUT2D eigenvalue weighted by molar-refractivity contribution is 0.442. The van der Waals surface area contributed by atoms with E-state index in [4.69, 9.17) is 0 Å². The molecule has 1 N–H and O–H groups in total. The van der Waals surface area contributed by atoms with Gasteiger partial charge < -0.3 is 5.32 Å². The van der Waals surface area contributed by atoms with Crippen LogP contribution in [0, 0.1) is 5.92 Å². The second-order valence-corrected chi connectivity index (χ2v) is 6.55. The summed E-state index contributed by atoms with van der Waals surface area (Å²) in [6, 6.07) is 20.2. The van der Waals surface area contributed by atoms with Crippen LogP contribution < -0.4 is 5.32 Å². The topological polar surface area (TPSA) is 12.0 Å². The van der Waals surface area contributed by atoms with Gasteiger partial charge >= 0.3 is 0 Å². The van der Waals surface area contributed by atoms with Crippen molar-refractivity contribution in [2.24, 2.45) is 5.92 Å². The molecule has 0 aliphatic carbocycles. The second kappa shape index (κ2) is 6.55. The molecule has 0 saturated carbocycles. The number of rotatable bonds is 4. The largest absolute Gasteiger partial charge is 0.313 e. The summed E-state index contributed by atoms with van der Waals surface area (Å²) in [6.45, 7) is 1.15. The molecule has 2 aromatic carbocycles. The third-order valence-corrected chi connectivity index (χ3v) is 4.73. The maximum atomic E-state index is 3.68. The normalized spacial score (nSPS) is 22.1. The Morgan fingerprint density at radius 3 is 2.35 bits per heavy atom. The summed E-state index contributed by atoms with van der Waals surface area (Å²) >= 11 is 3.50. The highest BCUT2D eigenvalue weighted by molar-refractivity contribution is 9.10. The van der Waals surface area contributed by atoms with E-state index in [0.29, 0.717) is 6.04 Å². The zero-order valence-electron chi connectivity index (χ0n) is 11.6. The Balaban J connectivity index is 1.65. The van der Waals surface area contributed by atoms with Gasteiger partial charge in [0.2, 0.25) is 0 Å². The molecule has 1 fully saturated rings. The van der Waals surface area contributed by atoms with Crippen LogP contribution in [0.25, 0.3) is 0 Å². The number of nitrogens with one attached hydrogen (secondary N) is 1. The van der Waals surface area contributed by atoms with Crippen LogP contribution in [0.5, 0.6) is 0 Å². The van der Waals surface area contributed by atoms with Gasteiger partial charge in [0.1, 0.15) is 0 Å². The molecule has 0 aromatic heterocycles. The van der Waals surface area contributed by atoms with Crippen LogP contribution >= 0.6 is 15.9 Å². The van der Waals surface area contributed by atoms with Gasteiger partial charge in [0.05, 0.1) is 0 Å². The Bertz CT molecular complexity index is 535. The predicted molar refractivity (Wildman–Crippen MR) is 87.9 cm³/mol. The smallest absolute Gasteiger partial charge is 0.0175 e. The molecular formula is C18H20BrN. The highest BCUT2D eigenvalue weighted by atomic mass is 79.9. The molecule has 2 unspecified atom stereocenters. The van der Waals surface area contributed by atoms with Crippen molar-refractivity contribution >= 4 is 15.9 Å². The third kappa shape index (κ3) is 3.50. The lowest BCUT2D eigenvalue weighted by Gasteiger charge is -2.20. The van der Waals surface area contributed by atoms with Crippen molar-refractivity contribution < 1.29 is 0 Å².